The first-order valence-corrected chi connectivity index (χ1v) is 20.3. The van der Waals surface area contributed by atoms with Crippen LogP contribution in [0.5, 0.6) is 0 Å². The number of esters is 5. The average Bonchev–Trinajstić information content (AvgIpc) is 3.34. The van der Waals surface area contributed by atoms with Crippen LogP contribution in [0, 0.1) is 0 Å². The number of carbonyl (C=O) groups is 5. The van der Waals surface area contributed by atoms with Crippen LogP contribution < -0.4 is 0 Å². The Hall–Kier alpha value is -7.01. The number of hydrogen-bond donors (Lipinski definition) is 1. The molecule has 64 heavy (non-hydrogen) atoms. The van der Waals surface area contributed by atoms with E-state index >= 15 is 0 Å². The third-order valence-electron chi connectivity index (χ3n) is 10.1. The molecule has 7 rings (SSSR count). The summed E-state index contributed by atoms with van der Waals surface area (Å²) in [4.78, 5) is 67.7. The van der Waals surface area contributed by atoms with Gasteiger partial charge in [-0.2, -0.15) is 0 Å². The molecule has 0 saturated carbocycles. The molecule has 5 aromatic rings. The van der Waals surface area contributed by atoms with Gasteiger partial charge in [0.15, 0.2) is 37.0 Å². The van der Waals surface area contributed by atoms with Crippen LogP contribution in [0.2, 0.25) is 0 Å². The van der Waals surface area contributed by atoms with E-state index < -0.39 is 98.4 Å². The predicted octanol–water partition coefficient (Wildman–Crippen LogP) is 5.78. The summed E-state index contributed by atoms with van der Waals surface area (Å²) in [6.45, 7) is 2.57. The topological polar surface area (TPSA) is 189 Å². The molecule has 0 unspecified atom stereocenters. The van der Waals surface area contributed by atoms with Crippen molar-refractivity contribution in [1.29, 1.82) is 0 Å². The molecular formula is C49H44O15. The van der Waals surface area contributed by atoms with Gasteiger partial charge in [0.25, 0.3) is 0 Å². The predicted molar refractivity (Wildman–Crippen MR) is 225 cm³/mol. The fraction of sp³-hybridized carbons (Fsp3) is 0.245. The molecular weight excluding hydrogens is 829 g/mol. The van der Waals surface area contributed by atoms with Crippen LogP contribution in [0.4, 0.5) is 0 Å². The molecule has 0 aliphatic carbocycles. The number of aliphatic hydroxyl groups excluding tert-OH is 1. The van der Waals surface area contributed by atoms with Gasteiger partial charge in [0.2, 0.25) is 0 Å². The minimum atomic E-state index is -1.82. The summed E-state index contributed by atoms with van der Waals surface area (Å²) in [5, 5.41) is 12.2. The zero-order chi connectivity index (χ0) is 44.8. The van der Waals surface area contributed by atoms with Crippen LogP contribution in [0.15, 0.2) is 164 Å². The lowest BCUT2D eigenvalue weighted by molar-refractivity contribution is -0.353. The number of benzene rings is 5. The minimum absolute atomic E-state index is 0.104. The maximum absolute atomic E-state index is 13.9. The highest BCUT2D eigenvalue weighted by molar-refractivity contribution is 5.92. The van der Waals surface area contributed by atoms with Gasteiger partial charge in [-0.3, -0.25) is 0 Å². The fourth-order valence-electron chi connectivity index (χ4n) is 6.89. The second-order valence-corrected chi connectivity index (χ2v) is 14.4. The zero-order valence-electron chi connectivity index (χ0n) is 34.2. The molecule has 0 amide bonds. The molecule has 5 aromatic carbocycles. The second kappa shape index (κ2) is 21.9. The lowest BCUT2D eigenvalue weighted by Crippen LogP contribution is -2.65. The van der Waals surface area contributed by atoms with Gasteiger partial charge in [0.05, 0.1) is 41.0 Å². The average molecular weight is 873 g/mol. The Labute approximate surface area is 368 Å². The molecule has 0 bridgehead atoms. The summed E-state index contributed by atoms with van der Waals surface area (Å²) >= 11 is 0. The summed E-state index contributed by atoms with van der Waals surface area (Å²) < 4.78 is 54.3. The minimum Gasteiger partial charge on any atom is -0.459 e. The standard InChI is InChI=1S/C49H44O15/c1-2-28-56-48-41(38(50)39(61-45(53)33-22-12-5-13-23-33)36(60-48)29-57-43(51)31-18-8-3-9-19-31)64-49-42(63-47(55)35-26-16-7-17-27-35)40(62-46(54)34-24-14-6-15-25-34)37(30-58-49)59-44(52)32-20-10-4-11-21-32/h2-27,36-42,48-50H,1,28-30H2/t36-,37-,38+,39-,40+,41+,42-,48+,49+/m1/s1. The van der Waals surface area contributed by atoms with E-state index in [9.17, 15) is 29.1 Å². The number of carbonyl (C=O) groups excluding carboxylic acids is 5. The van der Waals surface area contributed by atoms with Crippen LogP contribution in [-0.2, 0) is 42.6 Å². The molecule has 2 aliphatic rings. The first-order chi connectivity index (χ1) is 31.2. The van der Waals surface area contributed by atoms with Crippen LogP contribution in [0.25, 0.3) is 0 Å². The smallest absolute Gasteiger partial charge is 0.338 e. The zero-order valence-corrected chi connectivity index (χ0v) is 34.2. The number of ether oxygens (including phenoxy) is 9. The molecule has 2 aliphatic heterocycles. The van der Waals surface area contributed by atoms with Crippen molar-refractivity contribution >= 4 is 29.8 Å². The third-order valence-corrected chi connectivity index (χ3v) is 10.1. The van der Waals surface area contributed by atoms with Crippen LogP contribution >= 0.6 is 0 Å². The van der Waals surface area contributed by atoms with Crippen molar-refractivity contribution in [3.63, 3.8) is 0 Å². The lowest BCUT2D eigenvalue weighted by Gasteiger charge is -2.46. The van der Waals surface area contributed by atoms with Gasteiger partial charge in [0, 0.05) is 0 Å². The highest BCUT2D eigenvalue weighted by Gasteiger charge is 2.54. The Kier molecular flexibility index (Phi) is 15.4. The number of hydrogen-bond acceptors (Lipinski definition) is 15. The summed E-state index contributed by atoms with van der Waals surface area (Å²) in [7, 11) is 0. The van der Waals surface area contributed by atoms with Gasteiger partial charge in [-0.05, 0) is 60.7 Å². The molecule has 2 heterocycles. The maximum atomic E-state index is 13.9. The van der Waals surface area contributed by atoms with E-state index in [2.05, 4.69) is 6.58 Å². The molecule has 0 spiro atoms. The summed E-state index contributed by atoms with van der Waals surface area (Å²) in [5.41, 5.74) is 0.783. The van der Waals surface area contributed by atoms with Crippen molar-refractivity contribution in [3.8, 4) is 0 Å². The third kappa shape index (κ3) is 11.3. The van der Waals surface area contributed by atoms with E-state index in [1.165, 1.54) is 54.6 Å². The SMILES string of the molecule is C=CCO[C@H]1O[C@H](COC(=O)c2ccccc2)[C@@H](OC(=O)c2ccccc2)[C@H](O)[C@@H]1O[C@@H]1OC[C@@H](OC(=O)c2ccccc2)[C@H](OC(=O)c2ccccc2)[C@H]1OC(=O)c1ccccc1. The lowest BCUT2D eigenvalue weighted by atomic mass is 9.97. The van der Waals surface area contributed by atoms with Crippen molar-refractivity contribution < 1.29 is 71.7 Å². The van der Waals surface area contributed by atoms with Gasteiger partial charge in [-0.15, -0.1) is 6.58 Å². The van der Waals surface area contributed by atoms with Gasteiger partial charge in [0.1, 0.15) is 24.9 Å². The van der Waals surface area contributed by atoms with Crippen molar-refractivity contribution in [3.05, 3.63) is 192 Å². The van der Waals surface area contributed by atoms with E-state index in [-0.39, 0.29) is 34.4 Å². The normalized spacial score (nSPS) is 24.0. The largest absolute Gasteiger partial charge is 0.459 e. The molecule has 1 N–H and O–H groups in total. The van der Waals surface area contributed by atoms with E-state index in [0.717, 1.165) is 0 Å². The van der Waals surface area contributed by atoms with Crippen LogP contribution in [0.1, 0.15) is 51.8 Å². The Morgan fingerprint density at radius 2 is 0.938 bits per heavy atom. The molecule has 2 saturated heterocycles. The van der Waals surface area contributed by atoms with Crippen molar-refractivity contribution in [2.75, 3.05) is 19.8 Å². The number of aliphatic hydroxyl groups is 1. The monoisotopic (exact) mass is 872 g/mol. The quantitative estimate of drug-likeness (QED) is 0.0714. The first-order valence-electron chi connectivity index (χ1n) is 20.3. The van der Waals surface area contributed by atoms with Crippen molar-refractivity contribution in [2.45, 2.75) is 55.3 Å². The van der Waals surface area contributed by atoms with E-state index in [1.807, 2.05) is 0 Å². The fourth-order valence-corrected chi connectivity index (χ4v) is 6.89. The molecule has 15 nitrogen and oxygen atoms in total. The highest BCUT2D eigenvalue weighted by atomic mass is 16.8. The number of rotatable bonds is 16. The maximum Gasteiger partial charge on any atom is 0.338 e. The van der Waals surface area contributed by atoms with Gasteiger partial charge >= 0.3 is 29.8 Å². The molecule has 15 heteroatoms. The van der Waals surface area contributed by atoms with E-state index in [1.54, 1.807) is 103 Å². The van der Waals surface area contributed by atoms with Gasteiger partial charge < -0.3 is 47.7 Å². The Morgan fingerprint density at radius 1 is 0.531 bits per heavy atom. The summed E-state index contributed by atoms with van der Waals surface area (Å²) in [6.07, 6.45) is -12.8. The Balaban J connectivity index is 1.23. The summed E-state index contributed by atoms with van der Waals surface area (Å²) in [5.74, 6) is -4.11. The molecule has 0 radical (unpaired) electrons. The second-order valence-electron chi connectivity index (χ2n) is 14.4. The van der Waals surface area contributed by atoms with Crippen molar-refractivity contribution in [1.82, 2.24) is 0 Å². The van der Waals surface area contributed by atoms with Gasteiger partial charge in [-0.1, -0.05) is 97.1 Å². The van der Waals surface area contributed by atoms with Crippen LogP contribution in [0.3, 0.4) is 0 Å². The van der Waals surface area contributed by atoms with Crippen LogP contribution in [-0.4, -0.2) is 110 Å². The van der Waals surface area contributed by atoms with E-state index in [0.29, 0.717) is 0 Å². The Bertz CT molecular complexity index is 2330. The molecule has 2 fully saturated rings. The Morgan fingerprint density at radius 3 is 1.39 bits per heavy atom. The summed E-state index contributed by atoms with van der Waals surface area (Å²) in [6, 6.07) is 40.0. The first kappa shape index (κ1) is 45.0. The van der Waals surface area contributed by atoms with Crippen molar-refractivity contribution in [2.24, 2.45) is 0 Å². The highest BCUT2D eigenvalue weighted by Crippen LogP contribution is 2.34. The molecule has 0 aromatic heterocycles. The van der Waals surface area contributed by atoms with E-state index in [4.69, 9.17) is 42.6 Å². The van der Waals surface area contributed by atoms with Gasteiger partial charge in [-0.25, -0.2) is 24.0 Å². The molecule has 9 atom stereocenters. The molecule has 330 valence electrons.